The van der Waals surface area contributed by atoms with Gasteiger partial charge in [0.25, 0.3) is 11.8 Å². The van der Waals surface area contributed by atoms with Crippen molar-refractivity contribution >= 4 is 103 Å². The van der Waals surface area contributed by atoms with Gasteiger partial charge >= 0.3 is 12.2 Å². The minimum Gasteiger partial charge on any atom is -0.443 e. The summed E-state index contributed by atoms with van der Waals surface area (Å²) in [5.41, 5.74) is -1.80. The maximum atomic E-state index is 14.8. The Hall–Kier alpha value is -4.44. The van der Waals surface area contributed by atoms with Crippen LogP contribution in [0.1, 0.15) is 61.1 Å². The maximum absolute atomic E-state index is 14.8. The summed E-state index contributed by atoms with van der Waals surface area (Å²) < 4.78 is 11.6. The number of nitrogens with zero attached hydrogens (tertiary/aromatic N) is 2. The van der Waals surface area contributed by atoms with E-state index in [0.717, 1.165) is 39.1 Å². The van der Waals surface area contributed by atoms with E-state index in [1.807, 2.05) is 12.1 Å². The van der Waals surface area contributed by atoms with Crippen LogP contribution in [0.25, 0.3) is 50.4 Å². The molecule has 56 heavy (non-hydrogen) atoms. The molecule has 14 heteroatoms. The zero-order valence-corrected chi connectivity index (χ0v) is 36.6. The minimum absolute atomic E-state index is 0.0440. The second-order valence-electron chi connectivity index (χ2n) is 15.2. The van der Waals surface area contributed by atoms with Gasteiger partial charge in [-0.15, -0.1) is 68.0 Å². The fourth-order valence-corrected chi connectivity index (χ4v) is 12.5. The molecule has 0 saturated carbocycles. The number of imide groups is 2. The summed E-state index contributed by atoms with van der Waals surface area (Å²) in [5.74, 6) is -1.50. The van der Waals surface area contributed by atoms with Gasteiger partial charge in [-0.25, -0.2) is 19.4 Å². The monoisotopic (exact) mass is 856 g/mol. The fourth-order valence-electron chi connectivity index (χ4n) is 6.27. The van der Waals surface area contributed by atoms with E-state index in [1.165, 1.54) is 42.2 Å². The third-order valence-electron chi connectivity index (χ3n) is 8.50. The summed E-state index contributed by atoms with van der Waals surface area (Å²) in [7, 11) is 0. The van der Waals surface area contributed by atoms with Gasteiger partial charge in [0, 0.05) is 48.8 Å². The number of hydrogen-bond donors (Lipinski definition) is 0. The summed E-state index contributed by atoms with van der Waals surface area (Å²) >= 11 is 9.45. The number of ether oxygens (including phenoxy) is 2. The van der Waals surface area contributed by atoms with Gasteiger partial charge in [-0.3, -0.25) is 9.59 Å². The van der Waals surface area contributed by atoms with E-state index in [4.69, 9.17) is 9.47 Å². The molecule has 2 aliphatic rings. The second-order valence-corrected chi connectivity index (χ2v) is 22.1. The van der Waals surface area contributed by atoms with Gasteiger partial charge in [0.1, 0.15) is 11.2 Å². The summed E-state index contributed by atoms with van der Waals surface area (Å²) in [6, 6.07) is 24.1. The van der Waals surface area contributed by atoms with Gasteiger partial charge in [0.15, 0.2) is 0 Å². The number of amides is 4. The molecule has 6 aromatic rings. The van der Waals surface area contributed by atoms with Crippen LogP contribution in [0.2, 0.25) is 0 Å². The molecule has 0 unspecified atom stereocenters. The standard InChI is InChI=1S/C42H36N2O6S6/c1-21-9-11-23(51-21)25-13-15-27(53-25)29-17-19-31(55-29)35-33-34(38(46)43(35)39(47)49-41(3,4)5)36(44(37(33)45)40(48)50-42(6,7)8)32-20-18-30(56-32)28-16-14-26(54-28)24-12-10-22(2)52-24/h9-20H,1-8H3. The zero-order chi connectivity index (χ0) is 39.8. The van der Waals surface area contributed by atoms with Crippen LogP contribution in [-0.2, 0) is 19.1 Å². The lowest BCUT2D eigenvalue weighted by Gasteiger charge is -2.27. The Balaban J connectivity index is 1.27. The SMILES string of the molecule is Cc1ccc(-c2ccc(-c3ccc(C4=C5C(=O)N(C(=O)OC(C)(C)C)C(c6ccc(-c7ccc(-c8ccc(C)s8)s7)s6)=C5C(=O)N4C(=O)OC(C)(C)C)s3)s2)s1. The van der Waals surface area contributed by atoms with Crippen LogP contribution in [-0.4, -0.2) is 45.0 Å². The molecule has 6 aromatic heterocycles. The van der Waals surface area contributed by atoms with E-state index in [-0.39, 0.29) is 22.5 Å². The molecule has 0 aliphatic carbocycles. The number of rotatable bonds is 6. The van der Waals surface area contributed by atoms with E-state index >= 15 is 0 Å². The number of aryl methyl sites for hydroxylation is 2. The maximum Gasteiger partial charge on any atom is 0.422 e. The first-order valence-electron chi connectivity index (χ1n) is 17.6. The molecule has 0 N–H and O–H groups in total. The number of carbonyl (C=O) groups excluding carboxylic acids is 4. The first kappa shape index (κ1) is 38.4. The van der Waals surface area contributed by atoms with E-state index in [0.29, 0.717) is 9.75 Å². The van der Waals surface area contributed by atoms with Gasteiger partial charge in [0.05, 0.1) is 32.3 Å². The van der Waals surface area contributed by atoms with Crippen LogP contribution in [0, 0.1) is 13.8 Å². The lowest BCUT2D eigenvalue weighted by atomic mass is 10.1. The average Bonchev–Trinajstić information content (AvgIpc) is 3.95. The third kappa shape index (κ3) is 7.18. The van der Waals surface area contributed by atoms with Crippen LogP contribution in [0.15, 0.2) is 83.9 Å². The Morgan fingerprint density at radius 3 is 0.946 bits per heavy atom. The van der Waals surface area contributed by atoms with Crippen LogP contribution in [0.3, 0.4) is 0 Å². The van der Waals surface area contributed by atoms with E-state index < -0.39 is 35.2 Å². The predicted octanol–water partition coefficient (Wildman–Crippen LogP) is 13.0. The Kier molecular flexibility index (Phi) is 9.74. The van der Waals surface area contributed by atoms with Crippen molar-refractivity contribution in [3.63, 3.8) is 0 Å². The molecule has 8 heterocycles. The number of fused-ring (bicyclic) bond motifs is 1. The molecule has 4 amide bonds. The smallest absolute Gasteiger partial charge is 0.422 e. The third-order valence-corrected chi connectivity index (χ3v) is 15.6. The molecule has 0 atom stereocenters. The van der Waals surface area contributed by atoms with Crippen molar-refractivity contribution in [3.8, 4) is 39.0 Å². The molecule has 286 valence electrons. The normalized spacial score (nSPS) is 14.8. The predicted molar refractivity (Wildman–Crippen MR) is 231 cm³/mol. The molecule has 8 nitrogen and oxygen atoms in total. The van der Waals surface area contributed by atoms with Crippen LogP contribution in [0.4, 0.5) is 9.59 Å². The zero-order valence-electron chi connectivity index (χ0n) is 31.7. The molecular formula is C42H36N2O6S6. The van der Waals surface area contributed by atoms with Crippen LogP contribution in [0.5, 0.6) is 0 Å². The first-order chi connectivity index (χ1) is 26.5. The number of carbonyl (C=O) groups is 4. The molecule has 0 aromatic carbocycles. The van der Waals surface area contributed by atoms with Gasteiger partial charge in [-0.1, -0.05) is 0 Å². The highest BCUT2D eigenvalue weighted by atomic mass is 32.1. The highest BCUT2D eigenvalue weighted by Gasteiger charge is 2.54. The Morgan fingerprint density at radius 2 is 0.679 bits per heavy atom. The van der Waals surface area contributed by atoms with Gasteiger partial charge in [-0.2, -0.15) is 0 Å². The number of hydrogen-bond acceptors (Lipinski definition) is 12. The molecule has 0 saturated heterocycles. The molecule has 0 bridgehead atoms. The summed E-state index contributed by atoms with van der Waals surface area (Å²) in [6.45, 7) is 14.5. The fraction of sp³-hybridized carbons (Fsp3) is 0.238. The van der Waals surface area contributed by atoms with Crippen molar-refractivity contribution in [3.05, 3.63) is 103 Å². The summed E-state index contributed by atoms with van der Waals surface area (Å²) in [4.78, 5) is 71.3. The molecular weight excluding hydrogens is 821 g/mol. The first-order valence-corrected chi connectivity index (χ1v) is 22.5. The van der Waals surface area contributed by atoms with Crippen molar-refractivity contribution in [2.75, 3.05) is 0 Å². The molecule has 2 aliphatic heterocycles. The van der Waals surface area contributed by atoms with Crippen molar-refractivity contribution in [2.45, 2.75) is 66.6 Å². The highest BCUT2D eigenvalue weighted by molar-refractivity contribution is 7.27. The lowest BCUT2D eigenvalue weighted by Crippen LogP contribution is -2.40. The van der Waals surface area contributed by atoms with Crippen molar-refractivity contribution in [1.29, 1.82) is 0 Å². The second kappa shape index (κ2) is 14.2. The van der Waals surface area contributed by atoms with E-state index in [1.54, 1.807) is 99.0 Å². The topological polar surface area (TPSA) is 93.2 Å². The molecule has 0 fully saturated rings. The van der Waals surface area contributed by atoms with Gasteiger partial charge in [0.2, 0.25) is 0 Å². The summed E-state index contributed by atoms with van der Waals surface area (Å²) in [6.07, 6.45) is -1.82. The molecule has 8 rings (SSSR count). The molecule has 0 radical (unpaired) electrons. The quantitative estimate of drug-likeness (QED) is 0.166. The number of thiophene rings is 6. The molecule has 0 spiro atoms. The highest BCUT2D eigenvalue weighted by Crippen LogP contribution is 2.52. The van der Waals surface area contributed by atoms with Gasteiger partial charge < -0.3 is 9.47 Å². The average molecular weight is 857 g/mol. The summed E-state index contributed by atoms with van der Waals surface area (Å²) in [5, 5.41) is 0. The van der Waals surface area contributed by atoms with E-state index in [2.05, 4.69) is 62.4 Å². The van der Waals surface area contributed by atoms with Crippen molar-refractivity contribution < 1.29 is 28.7 Å². The van der Waals surface area contributed by atoms with Crippen LogP contribution < -0.4 is 0 Å². The Labute approximate surface area is 348 Å². The van der Waals surface area contributed by atoms with E-state index in [9.17, 15) is 19.2 Å². The Morgan fingerprint density at radius 1 is 0.429 bits per heavy atom. The van der Waals surface area contributed by atoms with Gasteiger partial charge in [-0.05, 0) is 128 Å². The lowest BCUT2D eigenvalue weighted by molar-refractivity contribution is -0.123. The minimum atomic E-state index is -0.938. The largest absolute Gasteiger partial charge is 0.443 e. The van der Waals surface area contributed by atoms with Crippen LogP contribution >= 0.6 is 68.0 Å². The van der Waals surface area contributed by atoms with Crippen molar-refractivity contribution in [1.82, 2.24) is 9.80 Å². The van der Waals surface area contributed by atoms with Crippen molar-refractivity contribution in [2.24, 2.45) is 0 Å². The Bertz CT molecular complexity index is 2460.